The summed E-state index contributed by atoms with van der Waals surface area (Å²) in [6.07, 6.45) is 4.36. The minimum absolute atomic E-state index is 0.0310. The molecule has 1 saturated heterocycles. The molecule has 2 rings (SSSR count). The van der Waals surface area contributed by atoms with E-state index in [0.29, 0.717) is 15.6 Å². The summed E-state index contributed by atoms with van der Waals surface area (Å²) in [5.74, 6) is -0.593. The molecule has 0 spiro atoms. The predicted molar refractivity (Wildman–Crippen MR) is 86.2 cm³/mol. The molecule has 1 fully saturated rings. The fourth-order valence-corrected chi connectivity index (χ4v) is 2.90. The van der Waals surface area contributed by atoms with Crippen LogP contribution < -0.4 is 0 Å². The van der Waals surface area contributed by atoms with E-state index in [1.807, 2.05) is 0 Å². The smallest absolute Gasteiger partial charge is 0.310 e. The number of rotatable bonds is 4. The number of likely N-dealkylation sites (tertiary alicyclic amines) is 1. The number of hydrogen-bond acceptors (Lipinski definition) is 3. The van der Waals surface area contributed by atoms with Crippen molar-refractivity contribution in [3.63, 3.8) is 0 Å². The van der Waals surface area contributed by atoms with E-state index in [4.69, 9.17) is 27.9 Å². The zero-order valence-corrected chi connectivity index (χ0v) is 13.8. The van der Waals surface area contributed by atoms with Crippen molar-refractivity contribution in [2.75, 3.05) is 19.7 Å². The first-order valence-corrected chi connectivity index (χ1v) is 8.19. The van der Waals surface area contributed by atoms with Crippen LogP contribution in [-0.4, -0.2) is 36.5 Å². The van der Waals surface area contributed by atoms with Crippen LogP contribution in [0.2, 0.25) is 10.0 Å². The number of ether oxygens (including phenoxy) is 1. The molecule has 0 unspecified atom stereocenters. The van der Waals surface area contributed by atoms with Crippen molar-refractivity contribution in [3.05, 3.63) is 33.8 Å². The van der Waals surface area contributed by atoms with Gasteiger partial charge in [-0.05, 0) is 30.5 Å². The number of carbonyl (C=O) groups excluding carboxylic acids is 2. The first-order valence-electron chi connectivity index (χ1n) is 7.43. The Balaban J connectivity index is 1.80. The van der Waals surface area contributed by atoms with Crippen LogP contribution >= 0.6 is 23.2 Å². The molecule has 120 valence electrons. The molecule has 0 aromatic heterocycles. The fraction of sp³-hybridized carbons (Fsp3) is 0.500. The Morgan fingerprint density at radius 3 is 2.41 bits per heavy atom. The molecule has 0 atom stereocenters. The van der Waals surface area contributed by atoms with Crippen LogP contribution in [0.3, 0.4) is 0 Å². The van der Waals surface area contributed by atoms with Crippen molar-refractivity contribution in [1.82, 2.24) is 4.90 Å². The number of benzene rings is 1. The van der Waals surface area contributed by atoms with Crippen LogP contribution in [0.4, 0.5) is 0 Å². The molecule has 1 aliphatic rings. The zero-order valence-electron chi connectivity index (χ0n) is 12.3. The van der Waals surface area contributed by atoms with Gasteiger partial charge >= 0.3 is 5.97 Å². The normalized spacial score (nSPS) is 15.3. The van der Waals surface area contributed by atoms with Crippen LogP contribution in [0.25, 0.3) is 0 Å². The van der Waals surface area contributed by atoms with E-state index >= 15 is 0 Å². The topological polar surface area (TPSA) is 46.6 Å². The van der Waals surface area contributed by atoms with Gasteiger partial charge < -0.3 is 9.64 Å². The number of halogens is 2. The van der Waals surface area contributed by atoms with E-state index < -0.39 is 5.97 Å². The van der Waals surface area contributed by atoms with Crippen LogP contribution in [0.1, 0.15) is 31.2 Å². The SMILES string of the molecule is O=C(Cc1ccc(Cl)cc1Cl)OCC(=O)N1CCCCCC1. The van der Waals surface area contributed by atoms with Crippen molar-refractivity contribution < 1.29 is 14.3 Å². The standard InChI is InChI=1S/C16H19Cl2NO3/c17-13-6-5-12(14(18)10-13)9-16(21)22-11-15(20)19-7-3-1-2-4-8-19/h5-6,10H,1-4,7-9,11H2. The third kappa shape index (κ3) is 5.18. The number of hydrogen-bond donors (Lipinski definition) is 0. The van der Waals surface area contributed by atoms with Crippen LogP contribution in [0.15, 0.2) is 18.2 Å². The van der Waals surface area contributed by atoms with Crippen molar-refractivity contribution >= 4 is 35.1 Å². The summed E-state index contributed by atoms with van der Waals surface area (Å²) in [6.45, 7) is 1.29. The maximum Gasteiger partial charge on any atom is 0.310 e. The van der Waals surface area contributed by atoms with Gasteiger partial charge in [-0.25, -0.2) is 0 Å². The Labute approximate surface area is 140 Å². The van der Waals surface area contributed by atoms with E-state index in [1.165, 1.54) is 0 Å². The molecular weight excluding hydrogens is 325 g/mol. The van der Waals surface area contributed by atoms with Gasteiger partial charge in [-0.2, -0.15) is 0 Å². The highest BCUT2D eigenvalue weighted by Crippen LogP contribution is 2.21. The zero-order chi connectivity index (χ0) is 15.9. The first-order chi connectivity index (χ1) is 10.6. The van der Waals surface area contributed by atoms with Gasteiger partial charge in [-0.15, -0.1) is 0 Å². The Hall–Kier alpha value is -1.26. The second-order valence-electron chi connectivity index (χ2n) is 5.37. The highest BCUT2D eigenvalue weighted by atomic mass is 35.5. The molecule has 22 heavy (non-hydrogen) atoms. The molecule has 0 bridgehead atoms. The van der Waals surface area contributed by atoms with E-state index in [1.54, 1.807) is 23.1 Å². The van der Waals surface area contributed by atoms with Crippen LogP contribution in [0.5, 0.6) is 0 Å². The van der Waals surface area contributed by atoms with Crippen LogP contribution in [0, 0.1) is 0 Å². The molecule has 0 saturated carbocycles. The van der Waals surface area contributed by atoms with Crippen molar-refractivity contribution in [3.8, 4) is 0 Å². The quantitative estimate of drug-likeness (QED) is 0.786. The maximum absolute atomic E-state index is 12.0. The Bertz CT molecular complexity index is 540. The third-order valence-electron chi connectivity index (χ3n) is 3.67. The molecule has 1 aromatic carbocycles. The molecule has 6 heteroatoms. The maximum atomic E-state index is 12.0. The molecule has 1 amide bonds. The lowest BCUT2D eigenvalue weighted by Crippen LogP contribution is -2.35. The lowest BCUT2D eigenvalue weighted by Gasteiger charge is -2.19. The summed E-state index contributed by atoms with van der Waals surface area (Å²) >= 11 is 11.8. The van der Waals surface area contributed by atoms with E-state index in [2.05, 4.69) is 0 Å². The largest absolute Gasteiger partial charge is 0.455 e. The molecule has 0 radical (unpaired) electrons. The Kier molecular flexibility index (Phi) is 6.52. The molecule has 1 aliphatic heterocycles. The van der Waals surface area contributed by atoms with Gasteiger partial charge in [-0.1, -0.05) is 42.1 Å². The van der Waals surface area contributed by atoms with Gasteiger partial charge in [0.2, 0.25) is 0 Å². The lowest BCUT2D eigenvalue weighted by molar-refractivity contribution is -0.151. The van der Waals surface area contributed by atoms with E-state index in [9.17, 15) is 9.59 Å². The van der Waals surface area contributed by atoms with Crippen molar-refractivity contribution in [1.29, 1.82) is 0 Å². The van der Waals surface area contributed by atoms with Gasteiger partial charge in [0, 0.05) is 23.1 Å². The number of esters is 1. The van der Waals surface area contributed by atoms with Crippen molar-refractivity contribution in [2.24, 2.45) is 0 Å². The Morgan fingerprint density at radius 2 is 1.77 bits per heavy atom. The second-order valence-corrected chi connectivity index (χ2v) is 6.21. The highest BCUT2D eigenvalue weighted by Gasteiger charge is 2.17. The lowest BCUT2D eigenvalue weighted by atomic mass is 10.1. The molecule has 4 nitrogen and oxygen atoms in total. The molecule has 0 aliphatic carbocycles. The van der Waals surface area contributed by atoms with Gasteiger partial charge in [0.05, 0.1) is 6.42 Å². The summed E-state index contributed by atoms with van der Waals surface area (Å²) in [5, 5.41) is 0.932. The number of amides is 1. The van der Waals surface area contributed by atoms with Crippen LogP contribution in [-0.2, 0) is 20.7 Å². The van der Waals surface area contributed by atoms with Gasteiger partial charge in [0.25, 0.3) is 5.91 Å². The van der Waals surface area contributed by atoms with Gasteiger partial charge in [-0.3, -0.25) is 9.59 Å². The van der Waals surface area contributed by atoms with E-state index in [0.717, 1.165) is 38.8 Å². The highest BCUT2D eigenvalue weighted by molar-refractivity contribution is 6.35. The number of nitrogens with zero attached hydrogens (tertiary/aromatic N) is 1. The minimum Gasteiger partial charge on any atom is -0.455 e. The molecule has 1 heterocycles. The molecule has 0 N–H and O–H groups in total. The Morgan fingerprint density at radius 1 is 1.09 bits per heavy atom. The molecule has 1 aromatic rings. The average molecular weight is 344 g/mol. The van der Waals surface area contributed by atoms with E-state index in [-0.39, 0.29) is 18.9 Å². The van der Waals surface area contributed by atoms with Gasteiger partial charge in [0.15, 0.2) is 6.61 Å². The summed E-state index contributed by atoms with van der Waals surface area (Å²) in [6, 6.07) is 4.93. The minimum atomic E-state index is -0.465. The van der Waals surface area contributed by atoms with Crippen molar-refractivity contribution in [2.45, 2.75) is 32.1 Å². The molecular formula is C16H19Cl2NO3. The summed E-state index contributed by atoms with van der Waals surface area (Å²) in [4.78, 5) is 25.6. The number of carbonyl (C=O) groups is 2. The average Bonchev–Trinajstić information content (AvgIpc) is 2.77. The monoisotopic (exact) mass is 343 g/mol. The predicted octanol–water partition coefficient (Wildman–Crippen LogP) is 3.48. The fourth-order valence-electron chi connectivity index (χ4n) is 2.43. The summed E-state index contributed by atoms with van der Waals surface area (Å²) in [7, 11) is 0. The van der Waals surface area contributed by atoms with Gasteiger partial charge in [0.1, 0.15) is 0 Å². The second kappa shape index (κ2) is 8.39. The summed E-state index contributed by atoms with van der Waals surface area (Å²) in [5.41, 5.74) is 0.637. The third-order valence-corrected chi connectivity index (χ3v) is 4.25. The summed E-state index contributed by atoms with van der Waals surface area (Å²) < 4.78 is 5.07. The first kappa shape index (κ1) is 17.1.